The largest absolute Gasteiger partial charge is 0.296 e. The Bertz CT molecular complexity index is 1010. The number of fused-ring (bicyclic) bond motifs is 1. The van der Waals surface area contributed by atoms with E-state index in [-0.39, 0.29) is 0 Å². The quantitative estimate of drug-likeness (QED) is 0.598. The summed E-state index contributed by atoms with van der Waals surface area (Å²) in [5, 5.41) is 9.16. The van der Waals surface area contributed by atoms with E-state index in [2.05, 4.69) is 88.7 Å². The summed E-state index contributed by atoms with van der Waals surface area (Å²) in [6.07, 6.45) is 3.48. The topological polar surface area (TPSA) is 30.3 Å². The summed E-state index contributed by atoms with van der Waals surface area (Å²) in [6, 6.07) is 31.3. The molecule has 0 N–H and O–H groups in total. The van der Waals surface area contributed by atoms with Gasteiger partial charge in [0.1, 0.15) is 0 Å². The number of piperidine rings is 1. The smallest absolute Gasteiger partial charge is 0.0991 e. The normalized spacial score (nSPS) is 17.9. The van der Waals surface area contributed by atoms with Crippen molar-refractivity contribution in [1.29, 1.82) is 5.26 Å². The summed E-state index contributed by atoms with van der Waals surface area (Å²) >= 11 is 0. The lowest BCUT2D eigenvalue weighted by Gasteiger charge is -2.43. The average Bonchev–Trinajstić information content (AvgIpc) is 2.85. The monoisotopic (exact) mass is 407 g/mol. The average molecular weight is 408 g/mol. The highest BCUT2D eigenvalue weighted by molar-refractivity contribution is 5.39. The van der Waals surface area contributed by atoms with Crippen LogP contribution in [0.25, 0.3) is 0 Å². The highest BCUT2D eigenvalue weighted by atomic mass is 15.2. The standard InChI is InChI=1S/C28H29N3/c29-20-22-11-12-26-21-31(16-13-25(26)19-22)27-14-17-30(18-15-27)28(23-7-3-1-4-8-23)24-9-5-2-6-10-24/h1-12,19,27-28H,13-18,21H2. The Hall–Kier alpha value is -2.93. The number of hydrogen-bond donors (Lipinski definition) is 0. The predicted molar refractivity (Wildman–Crippen MR) is 125 cm³/mol. The molecule has 0 saturated carbocycles. The van der Waals surface area contributed by atoms with Gasteiger partial charge in [-0.1, -0.05) is 66.7 Å². The first-order valence-corrected chi connectivity index (χ1v) is 11.4. The minimum Gasteiger partial charge on any atom is -0.296 e. The molecule has 2 heterocycles. The Morgan fingerprint density at radius 2 is 1.42 bits per heavy atom. The zero-order valence-electron chi connectivity index (χ0n) is 18.0. The molecule has 3 heteroatoms. The van der Waals surface area contributed by atoms with Crippen LogP contribution in [-0.2, 0) is 13.0 Å². The van der Waals surface area contributed by atoms with Crippen LogP contribution in [0.1, 0.15) is 46.7 Å². The van der Waals surface area contributed by atoms with Gasteiger partial charge >= 0.3 is 0 Å². The molecule has 0 spiro atoms. The van der Waals surface area contributed by atoms with Crippen molar-refractivity contribution < 1.29 is 0 Å². The van der Waals surface area contributed by atoms with E-state index in [1.807, 2.05) is 6.07 Å². The van der Waals surface area contributed by atoms with Crippen molar-refractivity contribution in [3.63, 3.8) is 0 Å². The molecule has 156 valence electrons. The Kier molecular flexibility index (Phi) is 5.84. The molecule has 2 aliphatic rings. The molecule has 1 saturated heterocycles. The first kappa shape index (κ1) is 20.0. The van der Waals surface area contributed by atoms with Crippen LogP contribution in [0, 0.1) is 11.3 Å². The fraction of sp³-hybridized carbons (Fsp3) is 0.321. The first-order valence-electron chi connectivity index (χ1n) is 11.4. The van der Waals surface area contributed by atoms with Gasteiger partial charge in [0, 0.05) is 32.2 Å². The molecular weight excluding hydrogens is 378 g/mol. The second kappa shape index (κ2) is 9.06. The maximum atomic E-state index is 9.16. The molecule has 3 aromatic rings. The van der Waals surface area contributed by atoms with Gasteiger partial charge in [0.15, 0.2) is 0 Å². The van der Waals surface area contributed by atoms with Gasteiger partial charge in [0.2, 0.25) is 0 Å². The summed E-state index contributed by atoms with van der Waals surface area (Å²) in [4.78, 5) is 5.34. The number of rotatable bonds is 4. The molecule has 3 aromatic carbocycles. The van der Waals surface area contributed by atoms with Gasteiger partial charge in [-0.15, -0.1) is 0 Å². The van der Waals surface area contributed by atoms with Crippen molar-refractivity contribution in [2.75, 3.05) is 19.6 Å². The fourth-order valence-corrected chi connectivity index (χ4v) is 5.35. The number of nitrogens with zero attached hydrogens (tertiary/aromatic N) is 3. The third-order valence-electron chi connectivity index (χ3n) is 6.99. The molecule has 0 aromatic heterocycles. The number of likely N-dealkylation sites (tertiary alicyclic amines) is 1. The summed E-state index contributed by atoms with van der Waals surface area (Å²) in [7, 11) is 0. The SMILES string of the molecule is N#Cc1ccc2c(c1)CCN(C1CCN(C(c3ccccc3)c3ccccc3)CC1)C2. The predicted octanol–water partition coefficient (Wildman–Crippen LogP) is 5.17. The van der Waals surface area contributed by atoms with Crippen molar-refractivity contribution in [3.05, 3.63) is 107 Å². The lowest BCUT2D eigenvalue weighted by molar-refractivity contribution is 0.0843. The van der Waals surface area contributed by atoms with Gasteiger partial charge in [-0.3, -0.25) is 9.80 Å². The first-order chi connectivity index (χ1) is 15.3. The Labute approximate surface area is 185 Å². The molecule has 0 aliphatic carbocycles. The lowest BCUT2D eigenvalue weighted by atomic mass is 9.91. The fourth-order valence-electron chi connectivity index (χ4n) is 5.35. The van der Waals surface area contributed by atoms with Gasteiger partial charge in [-0.25, -0.2) is 0 Å². The van der Waals surface area contributed by atoms with Crippen LogP contribution in [0.15, 0.2) is 78.9 Å². The van der Waals surface area contributed by atoms with Crippen molar-refractivity contribution >= 4 is 0 Å². The highest BCUT2D eigenvalue weighted by Gasteiger charge is 2.31. The zero-order valence-corrected chi connectivity index (χ0v) is 18.0. The van der Waals surface area contributed by atoms with E-state index in [4.69, 9.17) is 5.26 Å². The maximum absolute atomic E-state index is 9.16. The molecule has 0 unspecified atom stereocenters. The maximum Gasteiger partial charge on any atom is 0.0991 e. The van der Waals surface area contributed by atoms with Crippen molar-refractivity contribution in [2.45, 2.75) is 37.9 Å². The van der Waals surface area contributed by atoms with Crippen LogP contribution in [-0.4, -0.2) is 35.5 Å². The van der Waals surface area contributed by atoms with Gasteiger partial charge in [0.25, 0.3) is 0 Å². The van der Waals surface area contributed by atoms with Crippen LogP contribution in [0.2, 0.25) is 0 Å². The van der Waals surface area contributed by atoms with E-state index in [1.54, 1.807) is 0 Å². The van der Waals surface area contributed by atoms with Gasteiger partial charge < -0.3 is 0 Å². The molecule has 3 nitrogen and oxygen atoms in total. The third-order valence-corrected chi connectivity index (χ3v) is 6.99. The van der Waals surface area contributed by atoms with E-state index in [9.17, 15) is 0 Å². The van der Waals surface area contributed by atoms with E-state index in [0.717, 1.165) is 38.2 Å². The molecule has 0 bridgehead atoms. The molecule has 0 radical (unpaired) electrons. The van der Waals surface area contributed by atoms with E-state index in [0.29, 0.717) is 12.1 Å². The van der Waals surface area contributed by atoms with Crippen molar-refractivity contribution in [3.8, 4) is 6.07 Å². The molecular formula is C28H29N3. The summed E-state index contributed by atoms with van der Waals surface area (Å²) in [5.74, 6) is 0. The van der Waals surface area contributed by atoms with Gasteiger partial charge in [0.05, 0.1) is 17.7 Å². The van der Waals surface area contributed by atoms with E-state index in [1.165, 1.54) is 35.1 Å². The minimum atomic E-state index is 0.329. The van der Waals surface area contributed by atoms with Crippen LogP contribution in [0.4, 0.5) is 0 Å². The van der Waals surface area contributed by atoms with Gasteiger partial charge in [-0.05, 0) is 53.6 Å². The van der Waals surface area contributed by atoms with Crippen LogP contribution in [0.5, 0.6) is 0 Å². The third kappa shape index (κ3) is 4.28. The molecule has 5 rings (SSSR count). The van der Waals surface area contributed by atoms with Crippen molar-refractivity contribution in [1.82, 2.24) is 9.80 Å². The molecule has 2 aliphatic heterocycles. The van der Waals surface area contributed by atoms with Crippen LogP contribution < -0.4 is 0 Å². The van der Waals surface area contributed by atoms with Gasteiger partial charge in [-0.2, -0.15) is 5.26 Å². The van der Waals surface area contributed by atoms with Crippen LogP contribution in [0.3, 0.4) is 0 Å². The number of nitriles is 1. The summed E-state index contributed by atoms with van der Waals surface area (Å²) in [5.41, 5.74) is 6.31. The summed E-state index contributed by atoms with van der Waals surface area (Å²) < 4.78 is 0. The Balaban J connectivity index is 1.28. The Morgan fingerprint density at radius 3 is 2.03 bits per heavy atom. The second-order valence-corrected chi connectivity index (χ2v) is 8.81. The van der Waals surface area contributed by atoms with E-state index < -0.39 is 0 Å². The zero-order chi connectivity index (χ0) is 21.0. The number of benzene rings is 3. The molecule has 31 heavy (non-hydrogen) atoms. The molecule has 1 fully saturated rings. The highest BCUT2D eigenvalue weighted by Crippen LogP contribution is 2.33. The number of hydrogen-bond acceptors (Lipinski definition) is 3. The van der Waals surface area contributed by atoms with Crippen LogP contribution >= 0.6 is 0 Å². The molecule has 0 atom stereocenters. The summed E-state index contributed by atoms with van der Waals surface area (Å²) in [6.45, 7) is 4.37. The minimum absolute atomic E-state index is 0.329. The second-order valence-electron chi connectivity index (χ2n) is 8.81. The van der Waals surface area contributed by atoms with Crippen molar-refractivity contribution in [2.24, 2.45) is 0 Å². The van der Waals surface area contributed by atoms with E-state index >= 15 is 0 Å². The molecule has 0 amide bonds. The lowest BCUT2D eigenvalue weighted by Crippen LogP contribution is -2.47. The Morgan fingerprint density at radius 1 is 0.774 bits per heavy atom.